The summed E-state index contributed by atoms with van der Waals surface area (Å²) in [6, 6.07) is 5.97. The first-order chi connectivity index (χ1) is 13.1. The number of carbonyl (C=O) groups is 4. The lowest BCUT2D eigenvalue weighted by Crippen LogP contribution is -2.55. The number of aliphatic carboxylic acids is 1. The van der Waals surface area contributed by atoms with Crippen molar-refractivity contribution >= 4 is 23.7 Å². The van der Waals surface area contributed by atoms with Crippen molar-refractivity contribution in [3.05, 3.63) is 35.9 Å². The molecule has 154 valence electrons. The van der Waals surface area contributed by atoms with Crippen LogP contribution in [0.25, 0.3) is 0 Å². The van der Waals surface area contributed by atoms with Gasteiger partial charge in [0.2, 0.25) is 17.7 Å². The predicted octanol–water partition coefficient (Wildman–Crippen LogP) is -0.468. The van der Waals surface area contributed by atoms with Crippen LogP contribution in [0, 0.1) is 5.92 Å². The number of amides is 3. The molecule has 1 aromatic carbocycles. The molecule has 3 atom stereocenters. The highest BCUT2D eigenvalue weighted by Gasteiger charge is 2.29. The number of carboxylic acids is 1. The van der Waals surface area contributed by atoms with Crippen LogP contribution in [0.3, 0.4) is 0 Å². The smallest absolute Gasteiger partial charge is 0.326 e. The first-order valence-electron chi connectivity index (χ1n) is 9.03. The molecular formula is C19H28N4O5. The van der Waals surface area contributed by atoms with E-state index in [2.05, 4.69) is 10.6 Å². The van der Waals surface area contributed by atoms with Gasteiger partial charge >= 0.3 is 5.97 Å². The zero-order valence-electron chi connectivity index (χ0n) is 16.1. The Kier molecular flexibility index (Phi) is 9.10. The first-order valence-corrected chi connectivity index (χ1v) is 9.03. The highest BCUT2D eigenvalue weighted by Crippen LogP contribution is 2.06. The Labute approximate surface area is 163 Å². The molecule has 0 aliphatic heterocycles. The van der Waals surface area contributed by atoms with Gasteiger partial charge in [0, 0.05) is 6.42 Å². The molecule has 0 spiro atoms. The lowest BCUT2D eigenvalue weighted by atomic mass is 10.0. The Balaban J connectivity index is 2.81. The van der Waals surface area contributed by atoms with E-state index in [0.29, 0.717) is 0 Å². The van der Waals surface area contributed by atoms with E-state index in [0.717, 1.165) is 5.56 Å². The van der Waals surface area contributed by atoms with Crippen molar-refractivity contribution in [2.45, 2.75) is 51.2 Å². The molecule has 0 aliphatic carbocycles. The van der Waals surface area contributed by atoms with Crippen LogP contribution < -0.4 is 22.1 Å². The van der Waals surface area contributed by atoms with E-state index in [9.17, 15) is 24.3 Å². The van der Waals surface area contributed by atoms with Crippen LogP contribution in [-0.2, 0) is 25.6 Å². The van der Waals surface area contributed by atoms with E-state index < -0.39 is 41.8 Å². The van der Waals surface area contributed by atoms with Gasteiger partial charge in [-0.05, 0) is 24.3 Å². The average molecular weight is 392 g/mol. The summed E-state index contributed by atoms with van der Waals surface area (Å²) in [4.78, 5) is 47.3. The summed E-state index contributed by atoms with van der Waals surface area (Å²) in [5, 5.41) is 14.1. The lowest BCUT2D eigenvalue weighted by molar-refractivity contribution is -0.143. The Morgan fingerprint density at radius 2 is 1.64 bits per heavy atom. The molecule has 0 aliphatic rings. The fraction of sp³-hybridized carbons (Fsp3) is 0.474. The van der Waals surface area contributed by atoms with Crippen LogP contribution >= 0.6 is 0 Å². The van der Waals surface area contributed by atoms with Crippen LogP contribution in [0.4, 0.5) is 0 Å². The number of nitrogens with two attached hydrogens (primary N) is 2. The molecule has 0 saturated carbocycles. The van der Waals surface area contributed by atoms with Gasteiger partial charge in [0.1, 0.15) is 12.1 Å². The fourth-order valence-electron chi connectivity index (χ4n) is 2.56. The number of rotatable bonds is 11. The average Bonchev–Trinajstić information content (AvgIpc) is 2.62. The summed E-state index contributed by atoms with van der Waals surface area (Å²) in [6.45, 7) is 3.29. The second-order valence-electron chi connectivity index (χ2n) is 6.93. The number of carboxylic acid groups (broad SMARTS) is 1. The number of hydrogen-bond donors (Lipinski definition) is 5. The van der Waals surface area contributed by atoms with Crippen LogP contribution in [0.15, 0.2) is 30.3 Å². The van der Waals surface area contributed by atoms with Crippen molar-refractivity contribution in [2.24, 2.45) is 17.4 Å². The molecule has 0 bridgehead atoms. The maximum absolute atomic E-state index is 12.5. The minimum atomic E-state index is -1.19. The monoisotopic (exact) mass is 392 g/mol. The normalized spacial score (nSPS) is 14.0. The van der Waals surface area contributed by atoms with E-state index in [4.69, 9.17) is 11.5 Å². The Hall–Kier alpha value is -2.94. The number of hydrogen-bond acceptors (Lipinski definition) is 5. The third-order valence-corrected chi connectivity index (χ3v) is 4.18. The highest BCUT2D eigenvalue weighted by molar-refractivity contribution is 5.92. The minimum Gasteiger partial charge on any atom is -0.480 e. The van der Waals surface area contributed by atoms with Gasteiger partial charge in [-0.1, -0.05) is 44.2 Å². The molecule has 0 radical (unpaired) electrons. The second-order valence-corrected chi connectivity index (χ2v) is 6.93. The van der Waals surface area contributed by atoms with Gasteiger partial charge in [0.05, 0.1) is 6.04 Å². The van der Waals surface area contributed by atoms with Gasteiger partial charge in [0.15, 0.2) is 0 Å². The lowest BCUT2D eigenvalue weighted by Gasteiger charge is -2.24. The van der Waals surface area contributed by atoms with Gasteiger partial charge in [-0.15, -0.1) is 0 Å². The third kappa shape index (κ3) is 7.75. The molecule has 9 heteroatoms. The molecule has 1 aromatic rings. The molecular weight excluding hydrogens is 364 g/mol. The highest BCUT2D eigenvalue weighted by atomic mass is 16.4. The first kappa shape index (κ1) is 23.1. The minimum absolute atomic E-state index is 0.0601. The summed E-state index contributed by atoms with van der Waals surface area (Å²) >= 11 is 0. The predicted molar refractivity (Wildman–Crippen MR) is 103 cm³/mol. The largest absolute Gasteiger partial charge is 0.480 e. The standard InChI is InChI=1S/C19H28N4O5/c1-11(2)16(19(27)28)23-18(26)14(8-9-15(21)24)22-17(25)13(20)10-12-6-4-3-5-7-12/h3-7,11,13-14,16H,8-10,20H2,1-2H3,(H2,21,24)(H,22,25)(H,23,26)(H,27,28)/t13-,14-,16-/m0/s1. The molecule has 7 N–H and O–H groups in total. The molecule has 0 fully saturated rings. The molecule has 0 saturated heterocycles. The Bertz CT molecular complexity index is 693. The van der Waals surface area contributed by atoms with E-state index >= 15 is 0 Å². The Morgan fingerprint density at radius 1 is 1.04 bits per heavy atom. The number of carbonyl (C=O) groups excluding carboxylic acids is 3. The number of nitrogens with one attached hydrogen (secondary N) is 2. The van der Waals surface area contributed by atoms with E-state index in [-0.39, 0.29) is 25.2 Å². The van der Waals surface area contributed by atoms with Crippen LogP contribution in [0.2, 0.25) is 0 Å². The van der Waals surface area contributed by atoms with E-state index in [1.54, 1.807) is 13.8 Å². The molecule has 0 heterocycles. The summed E-state index contributed by atoms with van der Waals surface area (Å²) in [5.41, 5.74) is 11.9. The molecule has 9 nitrogen and oxygen atoms in total. The second kappa shape index (κ2) is 11.0. The van der Waals surface area contributed by atoms with Crippen molar-refractivity contribution in [1.29, 1.82) is 0 Å². The maximum atomic E-state index is 12.5. The zero-order chi connectivity index (χ0) is 21.3. The van der Waals surface area contributed by atoms with Crippen LogP contribution in [-0.4, -0.2) is 46.9 Å². The molecule has 0 aromatic heterocycles. The van der Waals surface area contributed by atoms with Crippen molar-refractivity contribution in [2.75, 3.05) is 0 Å². The topological polar surface area (TPSA) is 165 Å². The van der Waals surface area contributed by atoms with Gasteiger partial charge in [0.25, 0.3) is 0 Å². The number of benzene rings is 1. The molecule has 28 heavy (non-hydrogen) atoms. The molecule has 1 rings (SSSR count). The number of primary amides is 1. The van der Waals surface area contributed by atoms with Crippen molar-refractivity contribution in [1.82, 2.24) is 10.6 Å². The molecule has 0 unspecified atom stereocenters. The Morgan fingerprint density at radius 3 is 2.14 bits per heavy atom. The quantitative estimate of drug-likeness (QED) is 0.342. The summed E-state index contributed by atoms with van der Waals surface area (Å²) in [5.74, 6) is -3.48. The summed E-state index contributed by atoms with van der Waals surface area (Å²) in [7, 11) is 0. The zero-order valence-corrected chi connectivity index (χ0v) is 16.1. The maximum Gasteiger partial charge on any atom is 0.326 e. The van der Waals surface area contributed by atoms with Gasteiger partial charge in [-0.3, -0.25) is 14.4 Å². The van der Waals surface area contributed by atoms with Crippen molar-refractivity contribution in [3.8, 4) is 0 Å². The third-order valence-electron chi connectivity index (χ3n) is 4.18. The SMILES string of the molecule is CC(C)[C@H](NC(=O)[C@H](CCC(N)=O)NC(=O)[C@@H](N)Cc1ccccc1)C(=O)O. The van der Waals surface area contributed by atoms with Crippen molar-refractivity contribution < 1.29 is 24.3 Å². The van der Waals surface area contributed by atoms with Crippen molar-refractivity contribution in [3.63, 3.8) is 0 Å². The fourth-order valence-corrected chi connectivity index (χ4v) is 2.56. The summed E-state index contributed by atoms with van der Waals surface area (Å²) < 4.78 is 0. The van der Waals surface area contributed by atoms with E-state index in [1.807, 2.05) is 30.3 Å². The van der Waals surface area contributed by atoms with Gasteiger partial charge in [-0.25, -0.2) is 4.79 Å². The van der Waals surface area contributed by atoms with Crippen LogP contribution in [0.5, 0.6) is 0 Å². The van der Waals surface area contributed by atoms with E-state index in [1.165, 1.54) is 0 Å². The molecule has 3 amide bonds. The summed E-state index contributed by atoms with van der Waals surface area (Å²) in [6.07, 6.45) is 0.0572. The van der Waals surface area contributed by atoms with Gasteiger partial charge < -0.3 is 27.2 Å². The van der Waals surface area contributed by atoms with Gasteiger partial charge in [-0.2, -0.15) is 0 Å². The van der Waals surface area contributed by atoms with Crippen LogP contribution in [0.1, 0.15) is 32.3 Å².